The van der Waals surface area contributed by atoms with E-state index in [9.17, 15) is 10.1 Å². The summed E-state index contributed by atoms with van der Waals surface area (Å²) in [4.78, 5) is 10.3. The summed E-state index contributed by atoms with van der Waals surface area (Å²) in [7, 11) is -1.74. The Morgan fingerprint density at radius 2 is 1.38 bits per heavy atom. The van der Waals surface area contributed by atoms with Gasteiger partial charge in [-0.05, 0) is 28.8 Å². The Morgan fingerprint density at radius 1 is 0.952 bits per heavy atom. The molecule has 1 rings (SSSR count). The van der Waals surface area contributed by atoms with Crippen LogP contribution in [0, 0.1) is 21.6 Å². The molecule has 0 spiro atoms. The van der Waals surface area contributed by atoms with Crippen molar-refractivity contribution in [2.24, 2.45) is 0 Å². The van der Waals surface area contributed by atoms with Gasteiger partial charge >= 0.3 is 0 Å². The fourth-order valence-corrected chi connectivity index (χ4v) is 8.51. The van der Waals surface area contributed by atoms with Gasteiger partial charge in [-0.1, -0.05) is 47.5 Å². The second-order valence-electron chi connectivity index (χ2n) is 6.45. The van der Waals surface area contributed by atoms with Gasteiger partial charge in [0.25, 0.3) is 5.69 Å². The highest BCUT2D eigenvalue weighted by atomic mass is 28.3. The topological polar surface area (TPSA) is 43.1 Å². The van der Waals surface area contributed by atoms with Gasteiger partial charge in [0.2, 0.25) is 0 Å². The van der Waals surface area contributed by atoms with E-state index >= 15 is 0 Å². The fraction of sp³-hybridized carbons (Fsp3) is 0.529. The number of non-ortho nitro benzene ring substituents is 1. The van der Waals surface area contributed by atoms with E-state index in [0.717, 1.165) is 5.56 Å². The van der Waals surface area contributed by atoms with Gasteiger partial charge in [0.15, 0.2) is 0 Å². The highest BCUT2D eigenvalue weighted by Gasteiger charge is 2.41. The fourth-order valence-electron chi connectivity index (χ4n) is 3.28. The van der Waals surface area contributed by atoms with E-state index in [2.05, 4.69) is 53.0 Å². The first-order chi connectivity index (χ1) is 9.71. The zero-order valence-corrected chi connectivity index (χ0v) is 14.8. The molecule has 0 fully saturated rings. The maximum atomic E-state index is 10.7. The average Bonchev–Trinajstić information content (AvgIpc) is 2.38. The molecule has 0 N–H and O–H groups in total. The molecular formula is C17H25NO2Si. The SMILES string of the molecule is CC(C)[Si](C#Cc1ccc([N+](=O)[O-])cc1)(C(C)C)C(C)C. The van der Waals surface area contributed by atoms with Gasteiger partial charge in [-0.3, -0.25) is 10.1 Å². The maximum absolute atomic E-state index is 10.7. The van der Waals surface area contributed by atoms with Crippen LogP contribution in [-0.4, -0.2) is 13.0 Å². The number of rotatable bonds is 4. The van der Waals surface area contributed by atoms with Crippen molar-refractivity contribution in [3.8, 4) is 11.5 Å². The third-order valence-corrected chi connectivity index (χ3v) is 10.7. The van der Waals surface area contributed by atoms with Gasteiger partial charge in [-0.25, -0.2) is 0 Å². The lowest BCUT2D eigenvalue weighted by atomic mass is 10.2. The second-order valence-corrected chi connectivity index (χ2v) is 12.0. The van der Waals surface area contributed by atoms with E-state index < -0.39 is 8.07 Å². The van der Waals surface area contributed by atoms with Crippen LogP contribution in [0.5, 0.6) is 0 Å². The number of benzene rings is 1. The minimum Gasteiger partial charge on any atom is -0.258 e. The second kappa shape index (κ2) is 6.90. The number of hydrogen-bond donors (Lipinski definition) is 0. The van der Waals surface area contributed by atoms with E-state index in [1.165, 1.54) is 12.1 Å². The zero-order chi connectivity index (χ0) is 16.2. The molecule has 0 saturated carbocycles. The molecule has 1 aromatic rings. The first-order valence-electron chi connectivity index (χ1n) is 7.49. The van der Waals surface area contributed by atoms with Gasteiger partial charge in [-0.2, -0.15) is 0 Å². The number of nitrogens with zero attached hydrogens (tertiary/aromatic N) is 1. The largest absolute Gasteiger partial charge is 0.269 e. The molecule has 0 heterocycles. The lowest BCUT2D eigenvalue weighted by molar-refractivity contribution is -0.384. The number of hydrogen-bond acceptors (Lipinski definition) is 2. The Hall–Kier alpha value is -1.60. The van der Waals surface area contributed by atoms with Crippen molar-refractivity contribution in [2.75, 3.05) is 0 Å². The third-order valence-electron chi connectivity index (χ3n) is 4.37. The normalized spacial score (nSPS) is 11.7. The number of nitro benzene ring substituents is 1. The van der Waals surface area contributed by atoms with Crippen molar-refractivity contribution in [2.45, 2.75) is 58.2 Å². The Labute approximate surface area is 128 Å². The van der Waals surface area contributed by atoms with Gasteiger partial charge in [0.1, 0.15) is 8.07 Å². The van der Waals surface area contributed by atoms with Crippen molar-refractivity contribution in [3.05, 3.63) is 39.9 Å². The predicted octanol–water partition coefficient (Wildman–Crippen LogP) is 5.16. The first-order valence-corrected chi connectivity index (χ1v) is 9.72. The lowest BCUT2D eigenvalue weighted by Gasteiger charge is -2.38. The molecule has 0 aliphatic heterocycles. The van der Waals surface area contributed by atoms with Crippen LogP contribution in [0.15, 0.2) is 24.3 Å². The molecular weight excluding hydrogens is 278 g/mol. The Morgan fingerprint density at radius 3 is 1.71 bits per heavy atom. The average molecular weight is 303 g/mol. The van der Waals surface area contributed by atoms with Crippen molar-refractivity contribution < 1.29 is 4.92 Å². The molecule has 0 aromatic heterocycles. The molecule has 114 valence electrons. The monoisotopic (exact) mass is 303 g/mol. The molecule has 0 aliphatic carbocycles. The molecule has 0 amide bonds. The Bertz CT molecular complexity index is 529. The van der Waals surface area contributed by atoms with Crippen LogP contribution in [0.3, 0.4) is 0 Å². The summed E-state index contributed by atoms with van der Waals surface area (Å²) >= 11 is 0. The predicted molar refractivity (Wildman–Crippen MR) is 91.0 cm³/mol. The summed E-state index contributed by atoms with van der Waals surface area (Å²) in [6.07, 6.45) is 0. The van der Waals surface area contributed by atoms with Crippen molar-refractivity contribution in [1.29, 1.82) is 0 Å². The van der Waals surface area contributed by atoms with E-state index in [1.54, 1.807) is 12.1 Å². The summed E-state index contributed by atoms with van der Waals surface area (Å²) in [5, 5.41) is 10.7. The smallest absolute Gasteiger partial charge is 0.258 e. The molecule has 0 aliphatic rings. The lowest BCUT2D eigenvalue weighted by Crippen LogP contribution is -2.43. The molecule has 0 bridgehead atoms. The van der Waals surface area contributed by atoms with Crippen LogP contribution < -0.4 is 0 Å². The Balaban J connectivity index is 3.19. The van der Waals surface area contributed by atoms with E-state index in [-0.39, 0.29) is 10.6 Å². The molecule has 4 heteroatoms. The first kappa shape index (κ1) is 17.4. The van der Waals surface area contributed by atoms with Gasteiger partial charge in [0, 0.05) is 17.7 Å². The standard InChI is InChI=1S/C17H25NO2Si/c1-13(2)21(14(3)4,15(5)6)12-11-16-7-9-17(10-8-16)18(19)20/h7-10,13-15H,1-6H3. The maximum Gasteiger partial charge on any atom is 0.269 e. The molecule has 1 aromatic carbocycles. The van der Waals surface area contributed by atoms with Crippen molar-refractivity contribution in [1.82, 2.24) is 0 Å². The van der Waals surface area contributed by atoms with Crippen molar-refractivity contribution in [3.63, 3.8) is 0 Å². The van der Waals surface area contributed by atoms with Crippen LogP contribution in [0.25, 0.3) is 0 Å². The van der Waals surface area contributed by atoms with Gasteiger partial charge < -0.3 is 0 Å². The molecule has 0 saturated heterocycles. The highest BCUT2D eigenvalue weighted by Crippen LogP contribution is 2.40. The minimum absolute atomic E-state index is 0.112. The zero-order valence-electron chi connectivity index (χ0n) is 13.8. The van der Waals surface area contributed by atoms with E-state index in [0.29, 0.717) is 16.6 Å². The quantitative estimate of drug-likeness (QED) is 0.333. The van der Waals surface area contributed by atoms with Crippen LogP contribution >= 0.6 is 0 Å². The molecule has 3 nitrogen and oxygen atoms in total. The van der Waals surface area contributed by atoms with Crippen LogP contribution in [-0.2, 0) is 0 Å². The van der Waals surface area contributed by atoms with Gasteiger partial charge in [-0.15, -0.1) is 5.54 Å². The number of nitro groups is 1. The van der Waals surface area contributed by atoms with E-state index in [4.69, 9.17) is 0 Å². The highest BCUT2D eigenvalue weighted by molar-refractivity contribution is 6.90. The summed E-state index contributed by atoms with van der Waals surface area (Å²) < 4.78 is 0. The molecule has 21 heavy (non-hydrogen) atoms. The summed E-state index contributed by atoms with van der Waals surface area (Å²) in [6.45, 7) is 13.6. The summed E-state index contributed by atoms with van der Waals surface area (Å²) in [5.41, 5.74) is 6.35. The Kier molecular flexibility index (Phi) is 5.74. The molecule has 0 unspecified atom stereocenters. The van der Waals surface area contributed by atoms with Crippen LogP contribution in [0.1, 0.15) is 47.1 Å². The molecule has 0 atom stereocenters. The third kappa shape index (κ3) is 3.73. The minimum atomic E-state index is -1.74. The van der Waals surface area contributed by atoms with Gasteiger partial charge in [0.05, 0.1) is 4.92 Å². The summed E-state index contributed by atoms with van der Waals surface area (Å²) in [5.74, 6) is 3.28. The van der Waals surface area contributed by atoms with E-state index in [1.807, 2.05) is 0 Å². The molecule has 0 radical (unpaired) electrons. The van der Waals surface area contributed by atoms with Crippen LogP contribution in [0.2, 0.25) is 16.6 Å². The van der Waals surface area contributed by atoms with Crippen LogP contribution in [0.4, 0.5) is 5.69 Å². The van der Waals surface area contributed by atoms with Crippen molar-refractivity contribution >= 4 is 13.8 Å². The summed E-state index contributed by atoms with van der Waals surface area (Å²) in [6, 6.07) is 6.53.